The number of nitrogens with zero attached hydrogens (tertiary/aromatic N) is 6. The van der Waals surface area contributed by atoms with Crippen LogP contribution in [-0.2, 0) is 181 Å². The van der Waals surface area contributed by atoms with E-state index < -0.39 is 209 Å². The van der Waals surface area contributed by atoms with Crippen LogP contribution in [-0.4, -0.2) is 319 Å². The topological polar surface area (TPSA) is 1120 Å². The second-order valence-electron chi connectivity index (χ2n) is 20.6. The van der Waals surface area contributed by atoms with Crippen LogP contribution in [0.25, 0.3) is 0 Å². The number of anilines is 2. The number of nitrogens with one attached hydrogen (secondary N) is 1. The Morgan fingerprint density at radius 3 is 1.24 bits per heavy atom. The van der Waals surface area contributed by atoms with Gasteiger partial charge < -0.3 is 110 Å². The van der Waals surface area contributed by atoms with Crippen LogP contribution in [0.5, 0.6) is 5.75 Å². The summed E-state index contributed by atoms with van der Waals surface area (Å²) in [4.78, 5) is 195. The summed E-state index contributed by atoms with van der Waals surface area (Å²) in [5, 5.41) is 133. The van der Waals surface area contributed by atoms with Crippen molar-refractivity contribution in [2.75, 3.05) is 30.6 Å². The SMILES string of the molecule is CC.CC.CC(=O)O.COC(=O)C1=NN(c2ccc(S(=O)(=O)O)cc2)C(=O)C1N=Nc1ccc(S(=O)(=O)[O-])cc1.O=C(CC(=O)C(=O)O)Nc1ccccc1.O=C(O)CO.O=CO.O=CO/C=C/C(=O)O.O=CO/C=C\C(=O)O.O=COC(O)CC(=O)O.O=COCC(=O)O.O=CO[C@H]1O[C@H]1C(=O)O.O=S(=O)(O)O.O=S(=O)(O)c1ccc(O)cc1.O=S(=O)=O.O=[N+]([O-])O.O=[N+]([O-])c1ccc(S(=O)(=O)O)cc1.[Na+].[Na+].[Na+]. The number of carbonyl (C=O) groups excluding carboxylic acids is 9. The summed E-state index contributed by atoms with van der Waals surface area (Å²) in [5.74, 6) is -13.0. The van der Waals surface area contributed by atoms with Crippen molar-refractivity contribution in [1.29, 1.82) is 0 Å². The van der Waals surface area contributed by atoms with Crippen molar-refractivity contribution < 1.29 is 367 Å². The molecule has 2 amide bonds. The van der Waals surface area contributed by atoms with Crippen molar-refractivity contribution in [2.45, 2.75) is 91.8 Å². The van der Waals surface area contributed by atoms with Crippen molar-refractivity contribution in [2.24, 2.45) is 15.3 Å². The number of ether oxygens (including phenoxy) is 7. The smallest absolute Gasteiger partial charge is 0.744 e. The van der Waals surface area contributed by atoms with Crippen LogP contribution in [0.4, 0.5) is 22.7 Å². The number of hydrogen-bond donors (Lipinski definition) is 19. The predicted octanol–water partition coefficient (Wildman–Crippen LogP) is -10.4. The first-order valence-corrected chi connectivity index (χ1v) is 42.4. The molecule has 144 heavy (non-hydrogen) atoms. The van der Waals surface area contributed by atoms with Crippen LogP contribution in [0, 0.1) is 20.2 Å². The third kappa shape index (κ3) is 104. The number of carboxylic acid groups (broad SMARTS) is 9. The second kappa shape index (κ2) is 91.4. The number of amides is 2. The van der Waals surface area contributed by atoms with E-state index in [0.717, 1.165) is 92.2 Å². The van der Waals surface area contributed by atoms with Crippen molar-refractivity contribution in [1.82, 2.24) is 0 Å². The van der Waals surface area contributed by atoms with Crippen LogP contribution >= 0.6 is 0 Å². The standard InChI is InChI=1S/C17H14N4O9S2.C10H9NO4.C6H5NO5S.C6H6O4S.C4H4O5.C4H6O5.2C4H4O4.C3H4O4.C2H4O3.C2H4O2.2C2H6.CH2O2.HNO3.3Na.H2O4S.O3S/c1-30-17(23)15-14(19-18-10-2-6-12(7-3-10)31(24,25)26)16(22)21(20-15)11-4-8-13(9-5-11)32(27,28)29;12-8(10(14)15)6-9(13)11-7-4-2-1-3-5-7;8-7(9)5-1-3-6(4-2-5)13(10,11)12;7-5-1-3-6(4-2-5)11(8,9)10;5-1-8-4-2(9-4)3(6)7;5-2-9-4(8)1-3(6)7;2*5-3-8-2-1-4(6)7;4-2-7-1-3(5)6;3-1-2(4)5;1-2(3)4;2*1-2;2-1-3;2-1(3)4;;;;1-5(2,3)4;1-4(2)3/h2-9,14H,1H3,(H,24,25,26)(H,27,28,29);1-5H,6H2,(H,11,13)(H,14,15);1-4H,(H,10,11,12);1-4,7H,(H,8,9,10);1-2,4H,(H,6,7);2,4,8H,1H2,(H,6,7);2*1-3H,(H,6,7);2H,1H2,(H,5,6);3H,1H2,(H,4,5);1H3,(H,3,4);2*1-2H3;1H,(H,2,3);(H,2,3,4);;;;(H2,1,2,3,4);/q;;;;;;;;;;;;;;;3*+1;;/p-1/b;;;;;;2-1+;2-1-;;;;;;;;;;;;/t;;;;2-,4-;;;;;;;;;;;;;;;/m....0.............../s1. The number of azo groups is 1. The molecule has 2 heterocycles. The number of aliphatic hydroxyl groups excluding tert-OH is 2. The maximum absolute atomic E-state index is 12.8. The Morgan fingerprint density at radius 1 is 0.597 bits per heavy atom. The molecular weight excluding hydrogens is 2140 g/mol. The third-order valence-electron chi connectivity index (χ3n) is 10.7. The van der Waals surface area contributed by atoms with E-state index in [0.29, 0.717) is 17.8 Å². The van der Waals surface area contributed by atoms with Crippen LogP contribution < -0.4 is 99.0 Å². The van der Waals surface area contributed by atoms with Gasteiger partial charge in [0.1, 0.15) is 41.4 Å². The molecule has 0 aromatic heterocycles. The molecule has 0 saturated carbocycles. The molecule has 5 aromatic rings. The Hall–Kier alpha value is -14.1. The van der Waals surface area contributed by atoms with Gasteiger partial charge in [0, 0.05) is 24.7 Å². The molecule has 19 N–H and O–H groups in total. The molecule has 0 radical (unpaired) electrons. The summed E-state index contributed by atoms with van der Waals surface area (Å²) in [7, 11) is -24.2. The Kier molecular flexibility index (Phi) is 100. The van der Waals surface area contributed by atoms with Gasteiger partial charge in [-0.15, -0.1) is 22.7 Å². The number of phenolic OH excluding ortho intramolecular Hbond substituents is 1. The molecule has 7 rings (SSSR count). The Balaban J connectivity index is -0.000000122. The molecule has 786 valence electrons. The van der Waals surface area contributed by atoms with E-state index in [2.05, 4.69) is 53.8 Å². The molecule has 4 atom stereocenters. The number of ketones is 1. The van der Waals surface area contributed by atoms with Gasteiger partial charge in [0.25, 0.3) is 91.8 Å². The first kappa shape index (κ1) is 158. The van der Waals surface area contributed by atoms with Gasteiger partial charge in [-0.1, -0.05) is 45.9 Å². The van der Waals surface area contributed by atoms with E-state index in [1.54, 1.807) is 30.3 Å². The van der Waals surface area contributed by atoms with Gasteiger partial charge in [-0.25, -0.2) is 42.0 Å². The summed E-state index contributed by atoms with van der Waals surface area (Å²) in [5.41, 5.74) is 0.0591. The van der Waals surface area contributed by atoms with E-state index in [1.165, 1.54) is 36.4 Å². The number of carboxylic acids is 8. The molecular formula is C67H80N7Na3O61S6+2. The molecule has 1 saturated heterocycles. The van der Waals surface area contributed by atoms with Crippen molar-refractivity contribution in [3.63, 3.8) is 0 Å². The minimum Gasteiger partial charge on any atom is -0.744 e. The number of Topliss-reactive ketones (excluding diaryl/α,β-unsaturated/α-hetero) is 1. The van der Waals surface area contributed by atoms with E-state index in [4.69, 9.17) is 135 Å². The first-order chi connectivity index (χ1) is 65.0. The molecule has 0 aliphatic carbocycles. The molecule has 2 aliphatic heterocycles. The fourth-order valence-electron chi connectivity index (χ4n) is 5.92. The average molecular weight is 2220 g/mol. The maximum atomic E-state index is 12.8. The van der Waals surface area contributed by atoms with Crippen molar-refractivity contribution in [3.05, 3.63) is 172 Å². The molecule has 0 bridgehead atoms. The van der Waals surface area contributed by atoms with Gasteiger partial charge in [-0.2, -0.15) is 54.0 Å². The summed E-state index contributed by atoms with van der Waals surface area (Å²) < 4.78 is 209. The second-order valence-corrected chi connectivity index (χ2v) is 27.5. The van der Waals surface area contributed by atoms with Gasteiger partial charge in [-0.3, -0.25) is 85.6 Å². The number of aromatic hydroxyl groups is 1. The summed E-state index contributed by atoms with van der Waals surface area (Å²) in [6.07, 6.45) is -1.56. The predicted molar refractivity (Wildman–Crippen MR) is 447 cm³/mol. The number of nitro groups is 1. The van der Waals surface area contributed by atoms with Gasteiger partial charge in [0.2, 0.25) is 36.4 Å². The number of para-hydroxylation sites is 1. The van der Waals surface area contributed by atoms with E-state index in [-0.39, 0.29) is 160 Å². The number of rotatable bonds is 30. The number of epoxide rings is 1. The van der Waals surface area contributed by atoms with Crippen LogP contribution in [0.15, 0.2) is 187 Å². The minimum absolute atomic E-state index is 0. The van der Waals surface area contributed by atoms with Gasteiger partial charge in [0.15, 0.2) is 12.3 Å². The number of non-ortho nitro benzene ring substituents is 1. The number of carbonyl (C=O) groups is 18. The minimum atomic E-state index is -4.67. The molecule has 1 fully saturated rings. The molecule has 0 spiro atoms. The fourth-order valence-corrected chi connectivity index (χ4v) is 7.83. The van der Waals surface area contributed by atoms with Gasteiger partial charge in [-0.05, 0) is 97.1 Å². The van der Waals surface area contributed by atoms with Gasteiger partial charge >= 0.3 is 157 Å². The van der Waals surface area contributed by atoms with Crippen LogP contribution in [0.3, 0.4) is 0 Å². The molecule has 5 aromatic carbocycles. The number of aliphatic hydroxyl groups is 2. The van der Waals surface area contributed by atoms with Crippen LogP contribution in [0.2, 0.25) is 0 Å². The third-order valence-corrected chi connectivity index (χ3v) is 14.2. The number of nitro benzene ring substituents is 1. The first-order valence-electron chi connectivity index (χ1n) is 34.3. The number of benzene rings is 5. The zero-order valence-electron chi connectivity index (χ0n) is 74.3. The number of methoxy groups -OCH3 is 1. The Morgan fingerprint density at radius 2 is 0.965 bits per heavy atom. The molecule has 68 nitrogen and oxygen atoms in total. The monoisotopic (exact) mass is 2220 g/mol. The quantitative estimate of drug-likeness (QED) is 0.00161. The number of aliphatic carboxylic acids is 8. The Labute approximate surface area is 875 Å². The maximum Gasteiger partial charge on any atom is 1.00 e. The van der Waals surface area contributed by atoms with Crippen molar-refractivity contribution >= 4 is 200 Å². The number of phenols is 1. The average Bonchev–Trinajstić information content (AvgIpc) is 1.64. The van der Waals surface area contributed by atoms with E-state index in [9.17, 15) is 120 Å². The zero-order valence-corrected chi connectivity index (χ0v) is 85.2. The zero-order chi connectivity index (χ0) is 112. The molecule has 2 aliphatic rings. The summed E-state index contributed by atoms with van der Waals surface area (Å²) in [6, 6.07) is 24.3. The Bertz CT molecular complexity index is 5600. The number of hydrogen-bond acceptors (Lipinski definition) is 49. The fraction of sp³-hybridized carbons (Fsp3) is 0.209. The number of hydrazone groups is 1. The van der Waals surface area contributed by atoms with E-state index in [1.807, 2.05) is 27.7 Å². The van der Waals surface area contributed by atoms with E-state index >= 15 is 0 Å². The van der Waals surface area contributed by atoms with Crippen LogP contribution in [0.1, 0.15) is 47.5 Å². The molecule has 2 unspecified atom stereocenters. The van der Waals surface area contributed by atoms with Gasteiger partial charge in [0.05, 0.1) is 61.6 Å². The number of esters is 1. The summed E-state index contributed by atoms with van der Waals surface area (Å²) in [6.45, 7) is 8.03. The molecule has 77 heteroatoms. The summed E-state index contributed by atoms with van der Waals surface area (Å²) >= 11 is 0. The normalized spacial score (nSPS) is 12.0. The van der Waals surface area contributed by atoms with Crippen molar-refractivity contribution in [3.8, 4) is 5.75 Å². The largest absolute Gasteiger partial charge is 1.00 e.